The van der Waals surface area contributed by atoms with Gasteiger partial charge in [-0.25, -0.2) is 14.0 Å². The molecule has 31 heavy (non-hydrogen) atoms. The number of rotatable bonds is 10. The molecule has 0 fully saturated rings. The number of methoxy groups -OCH3 is 1. The van der Waals surface area contributed by atoms with Gasteiger partial charge >= 0.3 is 11.9 Å². The summed E-state index contributed by atoms with van der Waals surface area (Å²) in [4.78, 5) is 23.5. The lowest BCUT2D eigenvalue weighted by Gasteiger charge is -2.18. The number of ether oxygens (including phenoxy) is 3. The number of carbonyl (C=O) groups excluding carboxylic acids is 2. The standard InChI is InChI=1S/C25H27FO5/c1-16(2)24(27)30-14-18(15-31-25(28)17(3)4)12-21-7-6-20(13-23(21)26)19-8-10-22(29-5)11-9-19/h6-11,13,18H,1,3,12,14-15H2,2,4-5H3. The van der Waals surface area contributed by atoms with Gasteiger partial charge in [0.15, 0.2) is 0 Å². The molecule has 2 rings (SSSR count). The second-order valence-electron chi connectivity index (χ2n) is 7.36. The minimum absolute atomic E-state index is 0.0329. The Morgan fingerprint density at radius 1 is 0.903 bits per heavy atom. The third kappa shape index (κ3) is 7.10. The molecule has 0 radical (unpaired) electrons. The Bertz CT molecular complexity index is 932. The minimum atomic E-state index is -0.549. The molecule has 0 unspecified atom stereocenters. The van der Waals surface area contributed by atoms with Crippen molar-refractivity contribution >= 4 is 11.9 Å². The van der Waals surface area contributed by atoms with Gasteiger partial charge in [0.1, 0.15) is 11.6 Å². The molecule has 2 aromatic rings. The summed E-state index contributed by atoms with van der Waals surface area (Å²) >= 11 is 0. The van der Waals surface area contributed by atoms with Crippen molar-refractivity contribution in [1.82, 2.24) is 0 Å². The molecular weight excluding hydrogens is 399 g/mol. The zero-order valence-electron chi connectivity index (χ0n) is 18.1. The van der Waals surface area contributed by atoms with Gasteiger partial charge in [-0.15, -0.1) is 0 Å². The average Bonchev–Trinajstić information content (AvgIpc) is 2.76. The van der Waals surface area contributed by atoms with Gasteiger partial charge in [0, 0.05) is 17.1 Å². The summed E-state index contributed by atoms with van der Waals surface area (Å²) in [5.41, 5.74) is 2.52. The van der Waals surface area contributed by atoms with Gasteiger partial charge in [-0.05, 0) is 55.2 Å². The molecule has 164 valence electrons. The number of hydrogen-bond acceptors (Lipinski definition) is 5. The Labute approximate surface area is 182 Å². The highest BCUT2D eigenvalue weighted by Gasteiger charge is 2.18. The number of benzene rings is 2. The van der Waals surface area contributed by atoms with E-state index in [1.807, 2.05) is 30.3 Å². The second kappa shape index (κ2) is 11.1. The van der Waals surface area contributed by atoms with Crippen LogP contribution in [0.2, 0.25) is 0 Å². The number of hydrogen-bond donors (Lipinski definition) is 0. The SMILES string of the molecule is C=C(C)C(=O)OCC(COC(=O)C(=C)C)Cc1ccc(-c2ccc(OC)cc2)cc1F. The Hall–Kier alpha value is -3.41. The molecule has 0 aromatic heterocycles. The fraction of sp³-hybridized carbons (Fsp3) is 0.280. The summed E-state index contributed by atoms with van der Waals surface area (Å²) < 4.78 is 30.4. The Balaban J connectivity index is 2.15. The van der Waals surface area contributed by atoms with Gasteiger partial charge < -0.3 is 14.2 Å². The van der Waals surface area contributed by atoms with Crippen LogP contribution in [0.5, 0.6) is 5.75 Å². The van der Waals surface area contributed by atoms with E-state index in [2.05, 4.69) is 13.2 Å². The van der Waals surface area contributed by atoms with Gasteiger partial charge in [-0.3, -0.25) is 0 Å². The van der Waals surface area contributed by atoms with Gasteiger partial charge in [-0.1, -0.05) is 37.4 Å². The number of halogens is 1. The molecule has 0 aliphatic rings. The van der Waals surface area contributed by atoms with Crippen molar-refractivity contribution in [3.63, 3.8) is 0 Å². The van der Waals surface area contributed by atoms with Crippen LogP contribution in [0.4, 0.5) is 4.39 Å². The van der Waals surface area contributed by atoms with Crippen LogP contribution in [-0.4, -0.2) is 32.3 Å². The summed E-state index contributed by atoms with van der Waals surface area (Å²) in [6.07, 6.45) is 0.224. The summed E-state index contributed by atoms with van der Waals surface area (Å²) in [6, 6.07) is 12.3. The van der Waals surface area contributed by atoms with Crippen molar-refractivity contribution in [2.24, 2.45) is 5.92 Å². The van der Waals surface area contributed by atoms with E-state index >= 15 is 0 Å². The first kappa shape index (κ1) is 23.9. The molecule has 0 aliphatic carbocycles. The second-order valence-corrected chi connectivity index (χ2v) is 7.36. The van der Waals surface area contributed by atoms with E-state index in [-0.39, 0.29) is 30.8 Å². The van der Waals surface area contributed by atoms with Crippen LogP contribution in [-0.2, 0) is 25.5 Å². The van der Waals surface area contributed by atoms with E-state index in [4.69, 9.17) is 14.2 Å². The molecule has 0 bridgehead atoms. The lowest BCUT2D eigenvalue weighted by molar-refractivity contribution is -0.144. The van der Waals surface area contributed by atoms with Crippen molar-refractivity contribution in [2.75, 3.05) is 20.3 Å². The first-order valence-corrected chi connectivity index (χ1v) is 9.79. The monoisotopic (exact) mass is 426 g/mol. The molecule has 2 aromatic carbocycles. The Kier molecular flexibility index (Phi) is 8.55. The zero-order valence-corrected chi connectivity index (χ0v) is 18.1. The van der Waals surface area contributed by atoms with E-state index in [1.54, 1.807) is 13.2 Å². The maximum Gasteiger partial charge on any atom is 0.333 e. The molecule has 5 nitrogen and oxygen atoms in total. The van der Waals surface area contributed by atoms with Crippen LogP contribution in [0.25, 0.3) is 11.1 Å². The van der Waals surface area contributed by atoms with Crippen LogP contribution in [0.3, 0.4) is 0 Å². The highest BCUT2D eigenvalue weighted by Crippen LogP contribution is 2.25. The molecule has 0 saturated heterocycles. The van der Waals surface area contributed by atoms with Crippen LogP contribution in [0.1, 0.15) is 19.4 Å². The molecule has 6 heteroatoms. The van der Waals surface area contributed by atoms with E-state index < -0.39 is 23.7 Å². The molecule has 0 amide bonds. The summed E-state index contributed by atoms with van der Waals surface area (Å²) in [6.45, 7) is 10.1. The predicted molar refractivity (Wildman–Crippen MR) is 117 cm³/mol. The maximum atomic E-state index is 14.8. The molecule has 0 N–H and O–H groups in total. The molecule has 0 spiro atoms. The summed E-state index contributed by atoms with van der Waals surface area (Å²) in [5.74, 6) is -1.20. The summed E-state index contributed by atoms with van der Waals surface area (Å²) in [5, 5.41) is 0. The van der Waals surface area contributed by atoms with Crippen LogP contribution < -0.4 is 4.74 Å². The lowest BCUT2D eigenvalue weighted by atomic mass is 9.97. The van der Waals surface area contributed by atoms with Crippen molar-refractivity contribution < 1.29 is 28.2 Å². The maximum absolute atomic E-state index is 14.8. The largest absolute Gasteiger partial charge is 0.497 e. The Morgan fingerprint density at radius 3 is 1.87 bits per heavy atom. The predicted octanol–water partition coefficient (Wildman–Crippen LogP) is 4.90. The van der Waals surface area contributed by atoms with Gasteiger partial charge in [0.05, 0.1) is 20.3 Å². The van der Waals surface area contributed by atoms with E-state index in [1.165, 1.54) is 19.9 Å². The number of esters is 2. The summed E-state index contributed by atoms with van der Waals surface area (Å²) in [7, 11) is 1.58. The van der Waals surface area contributed by atoms with Crippen LogP contribution in [0.15, 0.2) is 66.8 Å². The average molecular weight is 426 g/mol. The highest BCUT2D eigenvalue weighted by molar-refractivity contribution is 5.87. The van der Waals surface area contributed by atoms with Crippen molar-refractivity contribution in [1.29, 1.82) is 0 Å². The molecule has 0 saturated carbocycles. The highest BCUT2D eigenvalue weighted by atomic mass is 19.1. The lowest BCUT2D eigenvalue weighted by Crippen LogP contribution is -2.23. The van der Waals surface area contributed by atoms with Crippen LogP contribution >= 0.6 is 0 Å². The van der Waals surface area contributed by atoms with E-state index in [9.17, 15) is 14.0 Å². The first-order chi connectivity index (χ1) is 14.7. The normalized spacial score (nSPS) is 10.5. The Morgan fingerprint density at radius 2 is 1.42 bits per heavy atom. The van der Waals surface area contributed by atoms with Gasteiger partial charge in [-0.2, -0.15) is 0 Å². The number of carbonyl (C=O) groups is 2. The van der Waals surface area contributed by atoms with Crippen molar-refractivity contribution in [2.45, 2.75) is 20.3 Å². The van der Waals surface area contributed by atoms with E-state index in [0.29, 0.717) is 5.56 Å². The quantitative estimate of drug-likeness (QED) is 0.400. The zero-order chi connectivity index (χ0) is 23.0. The van der Waals surface area contributed by atoms with E-state index in [0.717, 1.165) is 16.9 Å². The van der Waals surface area contributed by atoms with Crippen LogP contribution in [0, 0.1) is 11.7 Å². The minimum Gasteiger partial charge on any atom is -0.497 e. The molecule has 0 heterocycles. The topological polar surface area (TPSA) is 61.8 Å². The fourth-order valence-electron chi connectivity index (χ4n) is 2.79. The molecular formula is C25H27FO5. The third-order valence-corrected chi connectivity index (χ3v) is 4.58. The molecule has 0 aliphatic heterocycles. The van der Waals surface area contributed by atoms with Crippen molar-refractivity contribution in [3.05, 3.63) is 78.1 Å². The van der Waals surface area contributed by atoms with Crippen molar-refractivity contribution in [3.8, 4) is 16.9 Å². The first-order valence-electron chi connectivity index (χ1n) is 9.79. The van der Waals surface area contributed by atoms with Gasteiger partial charge in [0.2, 0.25) is 0 Å². The molecule has 0 atom stereocenters. The fourth-order valence-corrected chi connectivity index (χ4v) is 2.79. The van der Waals surface area contributed by atoms with Gasteiger partial charge in [0.25, 0.3) is 0 Å². The third-order valence-electron chi connectivity index (χ3n) is 4.58. The smallest absolute Gasteiger partial charge is 0.333 e.